The van der Waals surface area contributed by atoms with Crippen LogP contribution >= 0.6 is 0 Å². The maximum atomic E-state index is 12.2. The van der Waals surface area contributed by atoms with Crippen molar-refractivity contribution in [2.24, 2.45) is 0 Å². The van der Waals surface area contributed by atoms with Crippen molar-refractivity contribution in [2.75, 3.05) is 0 Å². The van der Waals surface area contributed by atoms with E-state index in [1.807, 2.05) is 12.1 Å². The Labute approximate surface area is 164 Å². The number of hydrogen-bond donors (Lipinski definition) is 0. The minimum absolute atomic E-state index is 0.271. The highest BCUT2D eigenvalue weighted by atomic mass is 16.6. The van der Waals surface area contributed by atoms with E-state index in [-0.39, 0.29) is 11.9 Å². The number of rotatable bonds is 13. The van der Waals surface area contributed by atoms with Crippen LogP contribution in [0.2, 0.25) is 0 Å². The molecule has 0 aliphatic rings. The SMILES string of the molecule is CCCCCCC(=O)Oc1ccc(C(C)C)cc1OC(=O)CCCCCC. The van der Waals surface area contributed by atoms with Crippen molar-refractivity contribution in [1.29, 1.82) is 0 Å². The fourth-order valence-electron chi connectivity index (χ4n) is 2.79. The molecule has 0 spiro atoms. The summed E-state index contributed by atoms with van der Waals surface area (Å²) in [5, 5.41) is 0. The first kappa shape index (κ1) is 23.2. The summed E-state index contributed by atoms with van der Waals surface area (Å²) in [6, 6.07) is 5.47. The molecule has 27 heavy (non-hydrogen) atoms. The summed E-state index contributed by atoms with van der Waals surface area (Å²) < 4.78 is 11.0. The number of benzene rings is 1. The zero-order chi connectivity index (χ0) is 20.1. The van der Waals surface area contributed by atoms with Crippen LogP contribution in [0.3, 0.4) is 0 Å². The van der Waals surface area contributed by atoms with E-state index in [9.17, 15) is 9.59 Å². The summed E-state index contributed by atoms with van der Waals surface area (Å²) in [4.78, 5) is 24.3. The van der Waals surface area contributed by atoms with Gasteiger partial charge in [-0.2, -0.15) is 0 Å². The summed E-state index contributed by atoms with van der Waals surface area (Å²) in [7, 11) is 0. The molecule has 1 aromatic rings. The molecule has 0 radical (unpaired) electrons. The molecule has 0 atom stereocenters. The van der Waals surface area contributed by atoms with Crippen LogP contribution in [0, 0.1) is 0 Å². The van der Waals surface area contributed by atoms with E-state index in [0.717, 1.165) is 56.9 Å². The molecule has 0 heterocycles. The quantitative estimate of drug-likeness (QED) is 0.222. The Balaban J connectivity index is 2.72. The van der Waals surface area contributed by atoms with Crippen molar-refractivity contribution in [1.82, 2.24) is 0 Å². The van der Waals surface area contributed by atoms with Gasteiger partial charge < -0.3 is 9.47 Å². The predicted molar refractivity (Wildman–Crippen MR) is 109 cm³/mol. The molecule has 0 saturated carbocycles. The second-order valence-electron chi connectivity index (χ2n) is 7.43. The molecule has 0 fully saturated rings. The number of unbranched alkanes of at least 4 members (excludes halogenated alkanes) is 6. The first-order valence-corrected chi connectivity index (χ1v) is 10.5. The van der Waals surface area contributed by atoms with Crippen LogP contribution in [0.5, 0.6) is 11.5 Å². The third kappa shape index (κ3) is 9.60. The Kier molecular flexibility index (Phi) is 11.5. The highest BCUT2D eigenvalue weighted by Crippen LogP contribution is 2.32. The first-order chi connectivity index (χ1) is 13.0. The molecule has 1 aromatic carbocycles. The summed E-state index contributed by atoms with van der Waals surface area (Å²) in [6.07, 6.45) is 8.97. The van der Waals surface area contributed by atoms with Crippen molar-refractivity contribution in [3.63, 3.8) is 0 Å². The lowest BCUT2D eigenvalue weighted by Crippen LogP contribution is -2.12. The number of esters is 2. The van der Waals surface area contributed by atoms with Crippen LogP contribution in [0.1, 0.15) is 103 Å². The molecule has 4 heteroatoms. The van der Waals surface area contributed by atoms with E-state index >= 15 is 0 Å². The fourth-order valence-corrected chi connectivity index (χ4v) is 2.79. The molecule has 4 nitrogen and oxygen atoms in total. The molecular weight excluding hydrogens is 340 g/mol. The van der Waals surface area contributed by atoms with Gasteiger partial charge in [0.05, 0.1) is 0 Å². The lowest BCUT2D eigenvalue weighted by Gasteiger charge is -2.14. The van der Waals surface area contributed by atoms with E-state index in [4.69, 9.17) is 9.47 Å². The second-order valence-corrected chi connectivity index (χ2v) is 7.43. The molecule has 152 valence electrons. The van der Waals surface area contributed by atoms with Gasteiger partial charge >= 0.3 is 11.9 Å². The largest absolute Gasteiger partial charge is 0.423 e. The van der Waals surface area contributed by atoms with Crippen molar-refractivity contribution in [2.45, 2.75) is 97.8 Å². The molecule has 0 aromatic heterocycles. The van der Waals surface area contributed by atoms with E-state index in [0.29, 0.717) is 30.3 Å². The number of carbonyl (C=O) groups excluding carboxylic acids is 2. The van der Waals surface area contributed by atoms with E-state index in [1.54, 1.807) is 6.07 Å². The van der Waals surface area contributed by atoms with Crippen LogP contribution in [0.4, 0.5) is 0 Å². The maximum Gasteiger partial charge on any atom is 0.311 e. The molecule has 0 amide bonds. The first-order valence-electron chi connectivity index (χ1n) is 10.5. The summed E-state index contributed by atoms with van der Waals surface area (Å²) in [6.45, 7) is 8.42. The smallest absolute Gasteiger partial charge is 0.311 e. The van der Waals surface area contributed by atoms with Crippen molar-refractivity contribution in [3.8, 4) is 11.5 Å². The molecule has 0 aliphatic carbocycles. The topological polar surface area (TPSA) is 52.6 Å². The number of hydrogen-bond acceptors (Lipinski definition) is 4. The van der Waals surface area contributed by atoms with Gasteiger partial charge in [-0.1, -0.05) is 72.3 Å². The van der Waals surface area contributed by atoms with Crippen molar-refractivity contribution < 1.29 is 19.1 Å². The molecule has 0 unspecified atom stereocenters. The van der Waals surface area contributed by atoms with Gasteiger partial charge in [0.2, 0.25) is 0 Å². The number of ether oxygens (including phenoxy) is 2. The average Bonchev–Trinajstić information content (AvgIpc) is 2.63. The van der Waals surface area contributed by atoms with Crippen LogP contribution < -0.4 is 9.47 Å². The monoisotopic (exact) mass is 376 g/mol. The van der Waals surface area contributed by atoms with Gasteiger partial charge in [0.15, 0.2) is 11.5 Å². The van der Waals surface area contributed by atoms with Gasteiger partial charge in [-0.15, -0.1) is 0 Å². The zero-order valence-electron chi connectivity index (χ0n) is 17.5. The molecule has 0 saturated heterocycles. The van der Waals surface area contributed by atoms with Gasteiger partial charge in [0.25, 0.3) is 0 Å². The lowest BCUT2D eigenvalue weighted by molar-refractivity contribution is -0.137. The summed E-state index contributed by atoms with van der Waals surface area (Å²) in [5.41, 5.74) is 1.05. The third-order valence-corrected chi connectivity index (χ3v) is 4.55. The minimum Gasteiger partial charge on any atom is -0.423 e. The highest BCUT2D eigenvalue weighted by molar-refractivity contribution is 5.76. The normalized spacial score (nSPS) is 10.9. The van der Waals surface area contributed by atoms with Crippen LogP contribution in [-0.4, -0.2) is 11.9 Å². The highest BCUT2D eigenvalue weighted by Gasteiger charge is 2.15. The van der Waals surface area contributed by atoms with Gasteiger partial charge in [-0.25, -0.2) is 0 Å². The Morgan fingerprint density at radius 1 is 0.778 bits per heavy atom. The maximum absolute atomic E-state index is 12.2. The molecule has 0 N–H and O–H groups in total. The van der Waals surface area contributed by atoms with E-state index in [1.165, 1.54) is 0 Å². The molecular formula is C23H36O4. The molecule has 1 rings (SSSR count). The lowest BCUT2D eigenvalue weighted by atomic mass is 10.0. The fraction of sp³-hybridized carbons (Fsp3) is 0.652. The van der Waals surface area contributed by atoms with Crippen LogP contribution in [0.15, 0.2) is 18.2 Å². The molecule has 0 aliphatic heterocycles. The van der Waals surface area contributed by atoms with Crippen molar-refractivity contribution in [3.05, 3.63) is 23.8 Å². The Hall–Kier alpha value is -1.84. The van der Waals surface area contributed by atoms with Crippen LogP contribution in [0.25, 0.3) is 0 Å². The van der Waals surface area contributed by atoms with E-state index in [2.05, 4.69) is 27.7 Å². The Morgan fingerprint density at radius 2 is 1.30 bits per heavy atom. The zero-order valence-corrected chi connectivity index (χ0v) is 17.5. The summed E-state index contributed by atoms with van der Waals surface area (Å²) in [5.74, 6) is 0.437. The van der Waals surface area contributed by atoms with Gasteiger partial charge in [-0.05, 0) is 36.5 Å². The molecule has 0 bridgehead atoms. The van der Waals surface area contributed by atoms with Crippen LogP contribution in [-0.2, 0) is 9.59 Å². The number of carbonyl (C=O) groups is 2. The van der Waals surface area contributed by atoms with Gasteiger partial charge in [0.1, 0.15) is 0 Å². The second kappa shape index (κ2) is 13.3. The van der Waals surface area contributed by atoms with E-state index < -0.39 is 0 Å². The Bertz CT molecular complexity index is 578. The average molecular weight is 377 g/mol. The third-order valence-electron chi connectivity index (χ3n) is 4.55. The standard InChI is InChI=1S/C23H36O4/c1-5-7-9-11-13-22(24)26-20-16-15-19(18(3)4)17-21(20)27-23(25)14-12-10-8-6-2/h15-18H,5-14H2,1-4H3. The Morgan fingerprint density at radius 3 is 1.78 bits per heavy atom. The van der Waals surface area contributed by atoms with Crippen molar-refractivity contribution >= 4 is 11.9 Å². The van der Waals surface area contributed by atoms with Gasteiger partial charge in [-0.3, -0.25) is 9.59 Å². The summed E-state index contributed by atoms with van der Waals surface area (Å²) >= 11 is 0. The van der Waals surface area contributed by atoms with Gasteiger partial charge in [0, 0.05) is 12.8 Å². The predicted octanol–water partition coefficient (Wildman–Crippen LogP) is 6.56. The minimum atomic E-state index is -0.274.